The highest BCUT2D eigenvalue weighted by Gasteiger charge is 2.34. The molecule has 0 saturated carbocycles. The molecule has 0 radical (unpaired) electrons. The fourth-order valence-electron chi connectivity index (χ4n) is 2.13. The van der Waals surface area contributed by atoms with Gasteiger partial charge in [-0.1, -0.05) is 0 Å². The molecule has 1 aliphatic rings. The number of halogens is 3. The third-order valence-corrected chi connectivity index (χ3v) is 4.02. The Morgan fingerprint density at radius 1 is 1.30 bits per heavy atom. The van der Waals surface area contributed by atoms with Gasteiger partial charge >= 0.3 is 6.18 Å². The molecular formula is C11H12F3N5S. The van der Waals surface area contributed by atoms with E-state index in [1.54, 1.807) is 0 Å². The van der Waals surface area contributed by atoms with Crippen LogP contribution in [0.15, 0.2) is 5.38 Å². The molecule has 20 heavy (non-hydrogen) atoms. The van der Waals surface area contributed by atoms with Gasteiger partial charge in [-0.2, -0.15) is 13.2 Å². The number of hydrogen-bond donors (Lipinski definition) is 1. The molecule has 0 unspecified atom stereocenters. The predicted octanol–water partition coefficient (Wildman–Crippen LogP) is 2.70. The van der Waals surface area contributed by atoms with E-state index in [0.29, 0.717) is 23.0 Å². The summed E-state index contributed by atoms with van der Waals surface area (Å²) < 4.78 is 39.3. The monoisotopic (exact) mass is 303 g/mol. The van der Waals surface area contributed by atoms with Gasteiger partial charge in [0.05, 0.1) is 12.2 Å². The van der Waals surface area contributed by atoms with Crippen LogP contribution in [-0.4, -0.2) is 19.7 Å². The quantitative estimate of drug-likeness (QED) is 0.947. The van der Waals surface area contributed by atoms with Crippen LogP contribution in [0.2, 0.25) is 0 Å². The smallest absolute Gasteiger partial charge is 0.349 e. The topological polar surface area (TPSA) is 55.6 Å². The van der Waals surface area contributed by atoms with Crippen molar-refractivity contribution < 1.29 is 13.2 Å². The molecule has 9 heteroatoms. The van der Waals surface area contributed by atoms with Crippen LogP contribution in [0.25, 0.3) is 0 Å². The van der Waals surface area contributed by atoms with Crippen molar-refractivity contribution >= 4 is 17.3 Å². The molecule has 0 spiro atoms. The summed E-state index contributed by atoms with van der Waals surface area (Å²) in [6.45, 7) is 1.06. The van der Waals surface area contributed by atoms with Gasteiger partial charge in [-0.05, 0) is 12.8 Å². The zero-order valence-electron chi connectivity index (χ0n) is 10.4. The summed E-state index contributed by atoms with van der Waals surface area (Å²) >= 11 is 0.604. The fraction of sp³-hybridized carbons (Fsp3) is 0.545. The average molecular weight is 303 g/mol. The second-order valence-corrected chi connectivity index (χ2v) is 5.40. The number of anilines is 1. The van der Waals surface area contributed by atoms with Crippen molar-refractivity contribution in [2.75, 3.05) is 5.32 Å². The van der Waals surface area contributed by atoms with E-state index in [1.807, 2.05) is 4.57 Å². The Kier molecular flexibility index (Phi) is 3.36. The Bertz CT molecular complexity index is 603. The highest BCUT2D eigenvalue weighted by Crippen LogP contribution is 2.31. The summed E-state index contributed by atoms with van der Waals surface area (Å²) in [6, 6.07) is 0. The van der Waals surface area contributed by atoms with E-state index >= 15 is 0 Å². The Labute approximate surface area is 116 Å². The predicted molar refractivity (Wildman–Crippen MR) is 67.4 cm³/mol. The van der Waals surface area contributed by atoms with Gasteiger partial charge in [0.1, 0.15) is 5.82 Å². The maximum absolute atomic E-state index is 12.4. The van der Waals surface area contributed by atoms with E-state index in [0.717, 1.165) is 31.6 Å². The van der Waals surface area contributed by atoms with Gasteiger partial charge in [0.15, 0.2) is 5.01 Å². The van der Waals surface area contributed by atoms with Crippen LogP contribution in [0.3, 0.4) is 0 Å². The summed E-state index contributed by atoms with van der Waals surface area (Å²) in [5.74, 6) is 1.52. The van der Waals surface area contributed by atoms with E-state index < -0.39 is 11.2 Å². The Hall–Kier alpha value is -1.64. The summed E-state index contributed by atoms with van der Waals surface area (Å²) in [5.41, 5.74) is 0.357. The summed E-state index contributed by atoms with van der Waals surface area (Å²) in [6.07, 6.45) is -1.33. The first-order chi connectivity index (χ1) is 9.54. The lowest BCUT2D eigenvalue weighted by molar-refractivity contribution is -0.137. The van der Waals surface area contributed by atoms with Crippen LogP contribution < -0.4 is 5.32 Å². The van der Waals surface area contributed by atoms with E-state index in [9.17, 15) is 13.2 Å². The van der Waals surface area contributed by atoms with Crippen molar-refractivity contribution in [3.63, 3.8) is 0 Å². The SMILES string of the molecule is FC(F)(F)c1nc(CNc2nnc3n2CCCC3)cs1. The number of aromatic nitrogens is 4. The number of aryl methyl sites for hydroxylation is 1. The number of rotatable bonds is 3. The molecule has 2 aromatic heterocycles. The van der Waals surface area contributed by atoms with E-state index in [4.69, 9.17) is 0 Å². The van der Waals surface area contributed by atoms with E-state index in [-0.39, 0.29) is 6.54 Å². The van der Waals surface area contributed by atoms with E-state index in [1.165, 1.54) is 5.38 Å². The number of nitrogens with zero attached hydrogens (tertiary/aromatic N) is 4. The minimum Gasteiger partial charge on any atom is -0.349 e. The summed E-state index contributed by atoms with van der Waals surface area (Å²) in [4.78, 5) is 3.57. The largest absolute Gasteiger partial charge is 0.443 e. The van der Waals surface area contributed by atoms with Crippen LogP contribution in [0.5, 0.6) is 0 Å². The molecule has 3 heterocycles. The highest BCUT2D eigenvalue weighted by molar-refractivity contribution is 7.09. The molecular weight excluding hydrogens is 291 g/mol. The molecule has 0 aromatic carbocycles. The lowest BCUT2D eigenvalue weighted by Gasteiger charge is -2.14. The minimum atomic E-state index is -4.38. The first-order valence-electron chi connectivity index (χ1n) is 6.21. The zero-order valence-corrected chi connectivity index (χ0v) is 11.3. The Morgan fingerprint density at radius 3 is 2.90 bits per heavy atom. The Balaban J connectivity index is 1.68. The van der Waals surface area contributed by atoms with Crippen LogP contribution in [0.1, 0.15) is 29.4 Å². The number of fused-ring (bicyclic) bond motifs is 1. The third-order valence-electron chi connectivity index (χ3n) is 3.08. The van der Waals surface area contributed by atoms with Crippen molar-refractivity contribution in [1.29, 1.82) is 0 Å². The van der Waals surface area contributed by atoms with Crippen molar-refractivity contribution in [3.05, 3.63) is 21.9 Å². The van der Waals surface area contributed by atoms with Crippen molar-refractivity contribution in [3.8, 4) is 0 Å². The molecule has 1 aliphatic heterocycles. The van der Waals surface area contributed by atoms with Crippen LogP contribution in [-0.2, 0) is 25.7 Å². The first-order valence-corrected chi connectivity index (χ1v) is 7.09. The number of thiazole rings is 1. The molecule has 0 amide bonds. The van der Waals surface area contributed by atoms with Gasteiger partial charge in [0.25, 0.3) is 0 Å². The molecule has 0 fully saturated rings. The number of nitrogens with one attached hydrogen (secondary N) is 1. The maximum Gasteiger partial charge on any atom is 0.443 e. The lowest BCUT2D eigenvalue weighted by Crippen LogP contribution is -2.14. The highest BCUT2D eigenvalue weighted by atomic mass is 32.1. The first kappa shape index (κ1) is 13.3. The van der Waals surface area contributed by atoms with Crippen LogP contribution in [0, 0.1) is 0 Å². The molecule has 2 aromatic rings. The van der Waals surface area contributed by atoms with E-state index in [2.05, 4.69) is 20.5 Å². The second kappa shape index (κ2) is 5.04. The Morgan fingerprint density at radius 2 is 2.15 bits per heavy atom. The molecule has 108 valence electrons. The van der Waals surface area contributed by atoms with Crippen molar-refractivity contribution in [2.45, 2.75) is 38.5 Å². The van der Waals surface area contributed by atoms with Gasteiger partial charge in [-0.25, -0.2) is 4.98 Å². The molecule has 0 saturated heterocycles. The zero-order chi connectivity index (χ0) is 14.2. The minimum absolute atomic E-state index is 0.213. The van der Waals surface area contributed by atoms with Gasteiger partial charge < -0.3 is 5.32 Å². The molecule has 0 bridgehead atoms. The van der Waals surface area contributed by atoms with Crippen LogP contribution in [0.4, 0.5) is 19.1 Å². The van der Waals surface area contributed by atoms with Crippen molar-refractivity contribution in [1.82, 2.24) is 19.7 Å². The van der Waals surface area contributed by atoms with Gasteiger partial charge in [-0.15, -0.1) is 21.5 Å². The molecule has 0 atom stereocenters. The second-order valence-electron chi connectivity index (χ2n) is 4.54. The van der Waals surface area contributed by atoms with Gasteiger partial charge in [0.2, 0.25) is 5.95 Å². The standard InChI is InChI=1S/C11H12F3N5S/c12-11(13,14)9-16-7(6-20-9)5-15-10-18-17-8-3-1-2-4-19(8)10/h6H,1-5H2,(H,15,18). The third kappa shape index (κ3) is 2.62. The molecule has 3 rings (SSSR count). The fourth-order valence-corrected chi connectivity index (χ4v) is 2.81. The molecule has 0 aliphatic carbocycles. The summed E-state index contributed by atoms with van der Waals surface area (Å²) in [5, 5.41) is 11.7. The van der Waals surface area contributed by atoms with Gasteiger partial charge in [-0.3, -0.25) is 4.57 Å². The van der Waals surface area contributed by atoms with Gasteiger partial charge in [0, 0.05) is 18.3 Å². The average Bonchev–Trinajstić information content (AvgIpc) is 3.02. The molecule has 5 nitrogen and oxygen atoms in total. The molecule has 1 N–H and O–H groups in total. The summed E-state index contributed by atoms with van der Waals surface area (Å²) in [7, 11) is 0. The number of hydrogen-bond acceptors (Lipinski definition) is 5. The van der Waals surface area contributed by atoms with Crippen molar-refractivity contribution in [2.24, 2.45) is 0 Å². The lowest BCUT2D eigenvalue weighted by atomic mass is 10.2. The normalized spacial score (nSPS) is 15.2. The van der Waals surface area contributed by atoms with Crippen LogP contribution >= 0.6 is 11.3 Å². The number of alkyl halides is 3. The maximum atomic E-state index is 12.4.